The smallest absolute Gasteiger partial charge is 0.254 e. The van der Waals surface area contributed by atoms with Crippen molar-refractivity contribution in [1.29, 1.82) is 5.41 Å². The summed E-state index contributed by atoms with van der Waals surface area (Å²) >= 11 is 0. The van der Waals surface area contributed by atoms with E-state index in [1.807, 2.05) is 65.6 Å². The van der Waals surface area contributed by atoms with Crippen LogP contribution in [0.2, 0.25) is 0 Å². The highest BCUT2D eigenvalue weighted by molar-refractivity contribution is 5.94. The third-order valence-electron chi connectivity index (χ3n) is 6.22. The Morgan fingerprint density at radius 2 is 1.79 bits per heavy atom. The number of nitrogens with one attached hydrogen (secondary N) is 1. The first-order chi connectivity index (χ1) is 18.6. The first kappa shape index (κ1) is 24.9. The van der Waals surface area contributed by atoms with E-state index in [0.717, 1.165) is 16.8 Å². The van der Waals surface area contributed by atoms with E-state index < -0.39 is 0 Å². The minimum Gasteiger partial charge on any atom is -0.378 e. The number of amides is 1. The fourth-order valence-corrected chi connectivity index (χ4v) is 4.07. The van der Waals surface area contributed by atoms with Crippen LogP contribution in [0.1, 0.15) is 27.2 Å². The molecule has 1 aliphatic rings. The zero-order valence-electron chi connectivity index (χ0n) is 21.1. The zero-order valence-corrected chi connectivity index (χ0v) is 21.1. The van der Waals surface area contributed by atoms with Crippen LogP contribution >= 0.6 is 0 Å². The Morgan fingerprint density at radius 3 is 2.53 bits per heavy atom. The highest BCUT2D eigenvalue weighted by atomic mass is 16.5. The van der Waals surface area contributed by atoms with E-state index in [-0.39, 0.29) is 5.91 Å². The van der Waals surface area contributed by atoms with Crippen molar-refractivity contribution >= 4 is 23.8 Å². The second kappa shape index (κ2) is 11.5. The molecule has 0 radical (unpaired) electrons. The Balaban J connectivity index is 1.37. The van der Waals surface area contributed by atoms with Gasteiger partial charge in [-0.3, -0.25) is 4.79 Å². The number of fused-ring (bicyclic) bond motifs is 1. The number of morpholine rings is 1. The summed E-state index contributed by atoms with van der Waals surface area (Å²) in [5.41, 5.74) is 6.58. The second-order valence-electron chi connectivity index (χ2n) is 8.90. The van der Waals surface area contributed by atoms with Crippen molar-refractivity contribution in [2.45, 2.75) is 6.92 Å². The molecule has 7 nitrogen and oxygen atoms in total. The lowest BCUT2D eigenvalue weighted by Crippen LogP contribution is -2.40. The zero-order chi connectivity index (χ0) is 26.3. The number of aromatic nitrogens is 3. The van der Waals surface area contributed by atoms with Gasteiger partial charge in [0.1, 0.15) is 5.69 Å². The number of hydrogen-bond acceptors (Lipinski definition) is 5. The lowest BCUT2D eigenvalue weighted by atomic mass is 10.1. The molecule has 0 atom stereocenters. The maximum absolute atomic E-state index is 12.8. The molecule has 3 heterocycles. The van der Waals surface area contributed by atoms with Crippen LogP contribution in [0.15, 0.2) is 84.6 Å². The molecule has 5 rings (SSSR count). The number of nitrogens with zero attached hydrogens (tertiary/aromatic N) is 4. The molecule has 7 heteroatoms. The third kappa shape index (κ3) is 5.77. The molecule has 0 saturated carbocycles. The van der Waals surface area contributed by atoms with Gasteiger partial charge in [-0.15, -0.1) is 0 Å². The Labute approximate surface area is 221 Å². The van der Waals surface area contributed by atoms with Gasteiger partial charge in [-0.25, -0.2) is 9.50 Å². The van der Waals surface area contributed by atoms with Gasteiger partial charge in [0.25, 0.3) is 5.91 Å². The molecule has 1 aliphatic heterocycles. The Hall–Kier alpha value is -4.80. The van der Waals surface area contributed by atoms with Gasteiger partial charge in [0.05, 0.1) is 25.1 Å². The molecule has 1 fully saturated rings. The number of benzene rings is 2. The number of aryl methyl sites for hydroxylation is 1. The van der Waals surface area contributed by atoms with Gasteiger partial charge < -0.3 is 15.0 Å². The normalized spacial score (nSPS) is 13.9. The number of ether oxygens (including phenoxy) is 1. The molecule has 0 spiro atoms. The topological polar surface area (TPSA) is 83.6 Å². The van der Waals surface area contributed by atoms with Crippen LogP contribution in [0.25, 0.3) is 23.0 Å². The first-order valence-electron chi connectivity index (χ1n) is 12.4. The summed E-state index contributed by atoms with van der Waals surface area (Å²) in [6.07, 6.45) is 8.43. The van der Waals surface area contributed by atoms with Gasteiger partial charge in [0.15, 0.2) is 5.65 Å². The molecule has 4 aromatic rings. The monoisotopic (exact) mass is 501 g/mol. The van der Waals surface area contributed by atoms with Crippen LogP contribution in [0, 0.1) is 24.2 Å². The highest BCUT2D eigenvalue weighted by Gasteiger charge is 2.18. The van der Waals surface area contributed by atoms with E-state index in [0.29, 0.717) is 48.8 Å². The molecule has 0 unspecified atom stereocenters. The van der Waals surface area contributed by atoms with Gasteiger partial charge >= 0.3 is 0 Å². The maximum atomic E-state index is 12.8. The molecule has 38 heavy (non-hydrogen) atoms. The summed E-state index contributed by atoms with van der Waals surface area (Å²) in [6, 6.07) is 19.5. The van der Waals surface area contributed by atoms with Gasteiger partial charge in [0.2, 0.25) is 0 Å². The number of rotatable bonds is 5. The molecule has 1 saturated heterocycles. The maximum Gasteiger partial charge on any atom is 0.254 e. The van der Waals surface area contributed by atoms with Gasteiger partial charge in [-0.1, -0.05) is 54.0 Å². The summed E-state index contributed by atoms with van der Waals surface area (Å²) in [6.45, 7) is 4.43. The van der Waals surface area contributed by atoms with Crippen LogP contribution in [0.5, 0.6) is 0 Å². The summed E-state index contributed by atoms with van der Waals surface area (Å²) in [4.78, 5) is 19.0. The molecule has 1 N–H and O–H groups in total. The van der Waals surface area contributed by atoms with Gasteiger partial charge in [0, 0.05) is 36.0 Å². The van der Waals surface area contributed by atoms with Crippen LogP contribution in [0.3, 0.4) is 0 Å². The van der Waals surface area contributed by atoms with Crippen molar-refractivity contribution in [2.24, 2.45) is 0 Å². The number of carbonyl (C=O) groups excluding carboxylic acids is 1. The molecule has 0 bridgehead atoms. The largest absolute Gasteiger partial charge is 0.378 e. The number of hydrogen-bond donors (Lipinski definition) is 1. The lowest BCUT2D eigenvalue weighted by Gasteiger charge is -2.26. The Morgan fingerprint density at radius 1 is 1.03 bits per heavy atom. The summed E-state index contributed by atoms with van der Waals surface area (Å²) < 4.78 is 7.05. The molecule has 2 aromatic heterocycles. The van der Waals surface area contributed by atoms with E-state index in [9.17, 15) is 4.79 Å². The quantitative estimate of drug-likeness (QED) is 0.242. The van der Waals surface area contributed by atoms with Crippen LogP contribution in [-0.2, 0) is 4.74 Å². The average molecular weight is 502 g/mol. The fraction of sp³-hybridized carbons (Fsp3) is 0.161. The van der Waals surface area contributed by atoms with Crippen molar-refractivity contribution in [3.05, 3.63) is 107 Å². The Bertz CT molecular complexity index is 1580. The molecule has 1 amide bonds. The second-order valence-corrected chi connectivity index (χ2v) is 8.90. The standard InChI is InChI=1S/C31H27N5O2/c1-23-2-4-24(5-3-23)6-7-25(16-17-32)8-13-28-22-33-30-15-14-29(34-36(28)30)26-9-11-27(12-10-26)31(37)35-18-20-38-21-19-35/h2-7,9-12,14-17,22,32H,18-21H2,1H3/b7-6+,25-16+,32-17?. The lowest BCUT2D eigenvalue weighted by molar-refractivity contribution is 0.0303. The fourth-order valence-electron chi connectivity index (χ4n) is 4.07. The van der Waals surface area contributed by atoms with E-state index in [1.165, 1.54) is 11.8 Å². The minimum atomic E-state index is 0.0145. The average Bonchev–Trinajstić information content (AvgIpc) is 3.38. The molecular weight excluding hydrogens is 474 g/mol. The highest BCUT2D eigenvalue weighted by Crippen LogP contribution is 2.20. The van der Waals surface area contributed by atoms with Crippen molar-refractivity contribution in [3.63, 3.8) is 0 Å². The summed E-state index contributed by atoms with van der Waals surface area (Å²) in [5.74, 6) is 6.28. The summed E-state index contributed by atoms with van der Waals surface area (Å²) in [5, 5.41) is 12.2. The first-order valence-corrected chi connectivity index (χ1v) is 12.4. The van der Waals surface area contributed by atoms with Crippen LogP contribution < -0.4 is 0 Å². The predicted molar refractivity (Wildman–Crippen MR) is 149 cm³/mol. The van der Waals surface area contributed by atoms with Crippen molar-refractivity contribution in [1.82, 2.24) is 19.5 Å². The van der Waals surface area contributed by atoms with E-state index in [4.69, 9.17) is 15.2 Å². The summed E-state index contributed by atoms with van der Waals surface area (Å²) in [7, 11) is 0. The number of imidazole rings is 1. The van der Waals surface area contributed by atoms with Gasteiger partial charge in [-0.05, 0) is 54.8 Å². The molecule has 188 valence electrons. The number of allylic oxidation sites excluding steroid dienone is 3. The molecule has 0 aliphatic carbocycles. The van der Waals surface area contributed by atoms with Crippen LogP contribution in [0.4, 0.5) is 0 Å². The van der Waals surface area contributed by atoms with Crippen LogP contribution in [-0.4, -0.2) is 57.9 Å². The SMILES string of the molecule is Cc1ccc(/C=C/C(C#Cc2cnc3ccc(-c4ccc(C(=O)N5CCOCC5)cc4)nn23)=C\C=N)cc1. The van der Waals surface area contributed by atoms with E-state index >= 15 is 0 Å². The minimum absolute atomic E-state index is 0.0145. The van der Waals surface area contributed by atoms with Crippen molar-refractivity contribution in [2.75, 3.05) is 26.3 Å². The number of carbonyl (C=O) groups is 1. The van der Waals surface area contributed by atoms with E-state index in [1.54, 1.807) is 16.8 Å². The Kier molecular flexibility index (Phi) is 7.53. The van der Waals surface area contributed by atoms with Gasteiger partial charge in [-0.2, -0.15) is 5.10 Å². The molecule has 2 aromatic carbocycles. The van der Waals surface area contributed by atoms with E-state index in [2.05, 4.69) is 35.9 Å². The van der Waals surface area contributed by atoms with Crippen molar-refractivity contribution in [3.8, 4) is 23.1 Å². The third-order valence-corrected chi connectivity index (χ3v) is 6.22. The molecular formula is C31H27N5O2. The predicted octanol–water partition coefficient (Wildman–Crippen LogP) is 4.82. The van der Waals surface area contributed by atoms with Crippen molar-refractivity contribution < 1.29 is 9.53 Å².